The topological polar surface area (TPSA) is 72.9 Å². The molecule has 0 fully saturated rings. The average molecular weight is 435 g/mol. The van der Waals surface area contributed by atoms with Gasteiger partial charge in [-0.25, -0.2) is 4.98 Å². The summed E-state index contributed by atoms with van der Waals surface area (Å²) in [4.78, 5) is 17.0. The van der Waals surface area contributed by atoms with Crippen molar-refractivity contribution in [1.29, 1.82) is 0 Å². The van der Waals surface area contributed by atoms with Crippen molar-refractivity contribution >= 4 is 30.7 Å². The maximum Gasteiger partial charge on any atom is 0.244 e. The van der Waals surface area contributed by atoms with Gasteiger partial charge in [0.1, 0.15) is 11.4 Å². The molecule has 2 aromatic carbocycles. The van der Waals surface area contributed by atoms with Crippen LogP contribution < -0.4 is 11.1 Å². The number of carbonyl (C=O) groups is 1. The van der Waals surface area contributed by atoms with Gasteiger partial charge in [0.25, 0.3) is 0 Å². The molecular weight excluding hydrogens is 407 g/mol. The van der Waals surface area contributed by atoms with E-state index in [-0.39, 0.29) is 30.7 Å². The molecule has 3 aromatic rings. The van der Waals surface area contributed by atoms with Crippen molar-refractivity contribution in [3.8, 4) is 0 Å². The maximum absolute atomic E-state index is 12.6. The van der Waals surface area contributed by atoms with Crippen LogP contribution in [0, 0.1) is 0 Å². The minimum atomic E-state index is -1.08. The standard InChI is InChI=1S/C22H26N4O.2ClH/c1-22(23,19-12-6-3-7-13-19)21(27)25-17-20-24-14-16-26(20)15-8-11-18-9-4-2-5-10-18;;/h2-7,9-10,12-14,16H,8,11,15,17,23H2,1H3,(H,25,27);2*1H. The zero-order valence-corrected chi connectivity index (χ0v) is 18.1. The summed E-state index contributed by atoms with van der Waals surface area (Å²) in [6, 6.07) is 19.8. The van der Waals surface area contributed by atoms with E-state index < -0.39 is 5.54 Å². The van der Waals surface area contributed by atoms with Crippen LogP contribution in [0.15, 0.2) is 73.1 Å². The van der Waals surface area contributed by atoms with Crippen molar-refractivity contribution in [1.82, 2.24) is 14.9 Å². The molecule has 0 spiro atoms. The van der Waals surface area contributed by atoms with Crippen LogP contribution in [0.4, 0.5) is 0 Å². The molecule has 0 saturated carbocycles. The third-order valence-corrected chi connectivity index (χ3v) is 4.76. The summed E-state index contributed by atoms with van der Waals surface area (Å²) in [7, 11) is 0. The lowest BCUT2D eigenvalue weighted by Crippen LogP contribution is -2.48. The van der Waals surface area contributed by atoms with Gasteiger partial charge in [-0.3, -0.25) is 4.79 Å². The number of carbonyl (C=O) groups excluding carboxylic acids is 1. The first-order valence-electron chi connectivity index (χ1n) is 9.24. The lowest BCUT2D eigenvalue weighted by Gasteiger charge is -2.24. The van der Waals surface area contributed by atoms with Crippen LogP contribution in [0.2, 0.25) is 0 Å². The summed E-state index contributed by atoms with van der Waals surface area (Å²) in [5, 5.41) is 2.93. The van der Waals surface area contributed by atoms with Crippen LogP contribution in [0.1, 0.15) is 30.3 Å². The third kappa shape index (κ3) is 6.60. The van der Waals surface area contributed by atoms with Crippen molar-refractivity contribution in [3.05, 3.63) is 90.0 Å². The van der Waals surface area contributed by atoms with Crippen LogP contribution in [0.5, 0.6) is 0 Å². The molecule has 1 heterocycles. The van der Waals surface area contributed by atoms with Gasteiger partial charge in [-0.05, 0) is 30.9 Å². The largest absolute Gasteiger partial charge is 0.347 e. The molecule has 1 atom stereocenters. The normalized spacial score (nSPS) is 12.2. The molecule has 0 saturated heterocycles. The van der Waals surface area contributed by atoms with Gasteiger partial charge in [-0.1, -0.05) is 60.7 Å². The molecule has 0 bridgehead atoms. The molecule has 29 heavy (non-hydrogen) atoms. The summed E-state index contributed by atoms with van der Waals surface area (Å²) >= 11 is 0. The van der Waals surface area contributed by atoms with E-state index in [1.807, 2.05) is 42.6 Å². The van der Waals surface area contributed by atoms with Gasteiger partial charge >= 0.3 is 0 Å². The fourth-order valence-electron chi connectivity index (χ4n) is 3.07. The van der Waals surface area contributed by atoms with E-state index in [0.29, 0.717) is 6.54 Å². The second kappa shape index (κ2) is 11.6. The third-order valence-electron chi connectivity index (χ3n) is 4.76. The lowest BCUT2D eigenvalue weighted by atomic mass is 9.92. The van der Waals surface area contributed by atoms with Crippen molar-refractivity contribution in [2.45, 2.75) is 38.4 Å². The Bertz CT molecular complexity index is 867. The number of aromatic nitrogens is 2. The van der Waals surface area contributed by atoms with Crippen molar-refractivity contribution in [2.75, 3.05) is 0 Å². The van der Waals surface area contributed by atoms with Crippen LogP contribution in [-0.4, -0.2) is 15.5 Å². The molecule has 1 aromatic heterocycles. The van der Waals surface area contributed by atoms with Gasteiger partial charge in [0.2, 0.25) is 5.91 Å². The van der Waals surface area contributed by atoms with Crippen molar-refractivity contribution < 1.29 is 4.79 Å². The van der Waals surface area contributed by atoms with Gasteiger partial charge < -0.3 is 15.6 Å². The number of imidazole rings is 1. The molecule has 0 aliphatic heterocycles. The highest BCUT2D eigenvalue weighted by atomic mass is 35.5. The first kappa shape index (κ1) is 24.7. The minimum absolute atomic E-state index is 0. The first-order chi connectivity index (χ1) is 13.1. The first-order valence-corrected chi connectivity index (χ1v) is 9.24. The highest BCUT2D eigenvalue weighted by Gasteiger charge is 2.30. The molecule has 156 valence electrons. The number of nitrogens with two attached hydrogens (primary N) is 1. The highest BCUT2D eigenvalue weighted by Crippen LogP contribution is 2.17. The Morgan fingerprint density at radius 2 is 1.69 bits per heavy atom. The summed E-state index contributed by atoms with van der Waals surface area (Å²) in [6.45, 7) is 2.94. The SMILES string of the molecule is CC(N)(C(=O)NCc1nccn1CCCc1ccccc1)c1ccccc1.Cl.Cl. The van der Waals surface area contributed by atoms with Crippen LogP contribution >= 0.6 is 24.8 Å². The van der Waals surface area contributed by atoms with Crippen molar-refractivity contribution in [2.24, 2.45) is 5.73 Å². The number of aryl methyl sites for hydroxylation is 2. The molecule has 5 nitrogen and oxygen atoms in total. The van der Waals surface area contributed by atoms with E-state index in [0.717, 1.165) is 30.8 Å². The highest BCUT2D eigenvalue weighted by molar-refractivity contribution is 5.87. The van der Waals surface area contributed by atoms with Gasteiger partial charge in [-0.15, -0.1) is 24.8 Å². The van der Waals surface area contributed by atoms with Gasteiger partial charge in [-0.2, -0.15) is 0 Å². The molecule has 0 aliphatic rings. The zero-order chi connectivity index (χ0) is 19.1. The maximum atomic E-state index is 12.6. The number of rotatable bonds is 8. The van der Waals surface area contributed by atoms with Crippen LogP contribution in [0.3, 0.4) is 0 Å². The van der Waals surface area contributed by atoms with Crippen LogP contribution in [-0.2, 0) is 29.8 Å². The number of halogens is 2. The lowest BCUT2D eigenvalue weighted by molar-refractivity contribution is -0.126. The quantitative estimate of drug-likeness (QED) is 0.565. The predicted molar refractivity (Wildman–Crippen MR) is 121 cm³/mol. The number of nitrogens with one attached hydrogen (secondary N) is 1. The Kier molecular flexibility index (Phi) is 9.89. The Balaban J connectivity index is 0.00000210. The second-order valence-electron chi connectivity index (χ2n) is 6.88. The monoisotopic (exact) mass is 434 g/mol. The predicted octanol–water partition coefficient (Wildman–Crippen LogP) is 3.85. The molecule has 0 radical (unpaired) electrons. The summed E-state index contributed by atoms with van der Waals surface area (Å²) in [5.41, 5.74) is 7.30. The zero-order valence-electron chi connectivity index (χ0n) is 16.5. The van der Waals surface area contributed by atoms with Crippen molar-refractivity contribution in [3.63, 3.8) is 0 Å². The summed E-state index contributed by atoms with van der Waals surface area (Å²) < 4.78 is 2.08. The molecule has 0 aliphatic carbocycles. The molecule has 3 N–H and O–H groups in total. The Morgan fingerprint density at radius 3 is 2.34 bits per heavy atom. The molecule has 3 rings (SSSR count). The Hall–Kier alpha value is -2.34. The fourth-order valence-corrected chi connectivity index (χ4v) is 3.07. The molecule has 7 heteroatoms. The van der Waals surface area contributed by atoms with Crippen LogP contribution in [0.25, 0.3) is 0 Å². The van der Waals surface area contributed by atoms with Gasteiger partial charge in [0.05, 0.1) is 6.54 Å². The van der Waals surface area contributed by atoms with Gasteiger partial charge in [0.15, 0.2) is 0 Å². The van der Waals surface area contributed by atoms with Gasteiger partial charge in [0, 0.05) is 18.9 Å². The van der Waals surface area contributed by atoms with E-state index in [9.17, 15) is 4.79 Å². The minimum Gasteiger partial charge on any atom is -0.347 e. The number of nitrogens with zero attached hydrogens (tertiary/aromatic N) is 2. The van der Waals surface area contributed by atoms with E-state index in [4.69, 9.17) is 5.73 Å². The number of amides is 1. The van der Waals surface area contributed by atoms with E-state index in [2.05, 4.69) is 39.1 Å². The fraction of sp³-hybridized carbons (Fsp3) is 0.273. The average Bonchev–Trinajstić information content (AvgIpc) is 3.15. The van der Waals surface area contributed by atoms with E-state index >= 15 is 0 Å². The number of hydrogen-bond acceptors (Lipinski definition) is 3. The molecule has 1 amide bonds. The number of hydrogen-bond donors (Lipinski definition) is 2. The summed E-state index contributed by atoms with van der Waals surface area (Å²) in [5.74, 6) is 0.618. The summed E-state index contributed by atoms with van der Waals surface area (Å²) in [6.07, 6.45) is 5.74. The Labute approximate surface area is 184 Å². The molecule has 1 unspecified atom stereocenters. The van der Waals surface area contributed by atoms with E-state index in [1.54, 1.807) is 13.1 Å². The smallest absolute Gasteiger partial charge is 0.244 e. The number of benzene rings is 2. The second-order valence-corrected chi connectivity index (χ2v) is 6.88. The molecular formula is C22H28Cl2N4O. The van der Waals surface area contributed by atoms with E-state index in [1.165, 1.54) is 5.56 Å². The Morgan fingerprint density at radius 1 is 1.07 bits per heavy atom.